The minimum Gasteiger partial charge on any atom is -0.508 e. The van der Waals surface area contributed by atoms with E-state index in [9.17, 15) is 30.0 Å². The van der Waals surface area contributed by atoms with E-state index in [1.165, 1.54) is 19.2 Å². The number of esters is 1. The van der Waals surface area contributed by atoms with Gasteiger partial charge in [-0.15, -0.1) is 0 Å². The van der Waals surface area contributed by atoms with Crippen LogP contribution in [0.15, 0.2) is 48.5 Å². The highest BCUT2D eigenvalue weighted by Gasteiger charge is 2.47. The number of anilines is 1. The summed E-state index contributed by atoms with van der Waals surface area (Å²) in [6, 6.07) is 13.2. The van der Waals surface area contributed by atoms with Gasteiger partial charge in [0.25, 0.3) is 5.79 Å². The summed E-state index contributed by atoms with van der Waals surface area (Å²) < 4.78 is 27.1. The normalized spacial score (nSPS) is 29.1. The van der Waals surface area contributed by atoms with Crippen molar-refractivity contribution in [3.63, 3.8) is 0 Å². The van der Waals surface area contributed by atoms with Crippen molar-refractivity contribution in [2.45, 2.75) is 49.3 Å². The van der Waals surface area contributed by atoms with Gasteiger partial charge in [-0.25, -0.2) is 4.79 Å². The number of cyclic esters (lactones) is 1. The van der Waals surface area contributed by atoms with Gasteiger partial charge in [0.2, 0.25) is 0 Å². The van der Waals surface area contributed by atoms with Crippen molar-refractivity contribution in [1.82, 2.24) is 0 Å². The first kappa shape index (κ1) is 26.8. The monoisotopic (exact) mass is 519 g/mol. The van der Waals surface area contributed by atoms with Crippen molar-refractivity contribution in [3.8, 4) is 5.75 Å². The Bertz CT molecular complexity index is 1090. The number of benzene rings is 2. The fraction of sp³-hybridized carbons (Fsp3) is 0.440. The first-order valence-electron chi connectivity index (χ1n) is 11.6. The number of hydrogen-bond acceptors (Lipinski definition) is 11. The molecular weight excluding hydrogens is 490 g/mol. The van der Waals surface area contributed by atoms with Crippen LogP contribution in [0.3, 0.4) is 0 Å². The molecule has 1 fully saturated rings. The number of hydrogen-bond donors (Lipinski definition) is 5. The Hall–Kier alpha value is -3.26. The molecule has 2 aliphatic heterocycles. The SMILES string of the molecule is CO[C@]1(CC(=O)OC[C@H]2O[C@@H](OCCc3ccc(O)cc3)[C@H](O)[C@@H](O)[C@@H]2O)OC(=O)Nc2ccccc21. The molecule has 1 saturated heterocycles. The molecule has 37 heavy (non-hydrogen) atoms. The van der Waals surface area contributed by atoms with Crippen LogP contribution in [0.25, 0.3) is 0 Å². The van der Waals surface area contributed by atoms with Gasteiger partial charge < -0.3 is 44.1 Å². The van der Waals surface area contributed by atoms with Gasteiger partial charge in [-0.1, -0.05) is 30.3 Å². The highest BCUT2D eigenvalue weighted by molar-refractivity contribution is 5.89. The van der Waals surface area contributed by atoms with Crippen LogP contribution >= 0.6 is 0 Å². The number of fused-ring (bicyclic) bond motifs is 1. The molecule has 1 amide bonds. The summed E-state index contributed by atoms with van der Waals surface area (Å²) >= 11 is 0. The standard InChI is InChI=1S/C25H29NO11/c1-33-25(16-4-2-3-5-17(16)26-24(32)37-25)12-19(28)35-13-18-20(29)21(30)22(31)23(36-18)34-11-10-14-6-8-15(27)9-7-14/h2-9,18,20-23,27,29-31H,10-13H2,1H3,(H,26,32)/t18-,20-,21+,22-,23-,25-/m1/s1. The summed E-state index contributed by atoms with van der Waals surface area (Å²) in [7, 11) is 1.29. The smallest absolute Gasteiger partial charge is 0.414 e. The number of phenolic OH excluding ortho intramolecular Hbond substituents is 1. The van der Waals surface area contributed by atoms with E-state index in [0.717, 1.165) is 5.56 Å². The Kier molecular flexibility index (Phi) is 8.27. The zero-order valence-electron chi connectivity index (χ0n) is 20.0. The molecule has 0 spiro atoms. The van der Waals surface area contributed by atoms with Crippen molar-refractivity contribution in [3.05, 3.63) is 59.7 Å². The van der Waals surface area contributed by atoms with Crippen LogP contribution < -0.4 is 5.32 Å². The minimum absolute atomic E-state index is 0.108. The van der Waals surface area contributed by atoms with Gasteiger partial charge in [-0.2, -0.15) is 0 Å². The van der Waals surface area contributed by atoms with Crippen molar-refractivity contribution >= 4 is 17.7 Å². The zero-order chi connectivity index (χ0) is 26.6. The lowest BCUT2D eigenvalue weighted by atomic mass is 9.98. The van der Waals surface area contributed by atoms with E-state index in [4.69, 9.17) is 23.7 Å². The van der Waals surface area contributed by atoms with Gasteiger partial charge >= 0.3 is 12.1 Å². The van der Waals surface area contributed by atoms with E-state index in [1.54, 1.807) is 36.4 Å². The fourth-order valence-corrected chi connectivity index (χ4v) is 4.18. The number of rotatable bonds is 9. The van der Waals surface area contributed by atoms with E-state index >= 15 is 0 Å². The number of ether oxygens (including phenoxy) is 5. The maximum Gasteiger partial charge on any atom is 0.414 e. The van der Waals surface area contributed by atoms with Gasteiger partial charge in [-0.05, 0) is 30.2 Å². The molecular formula is C25H29NO11. The minimum atomic E-state index is -1.72. The summed E-state index contributed by atoms with van der Waals surface area (Å²) in [6.07, 6.45) is -8.07. The number of amides is 1. The van der Waals surface area contributed by atoms with Crippen LogP contribution in [0.4, 0.5) is 10.5 Å². The van der Waals surface area contributed by atoms with Crippen LogP contribution in [-0.4, -0.2) is 83.5 Å². The lowest BCUT2D eigenvalue weighted by Gasteiger charge is -2.40. The molecule has 2 aromatic rings. The number of para-hydroxylation sites is 1. The summed E-state index contributed by atoms with van der Waals surface area (Å²) in [5.74, 6) is -2.42. The molecule has 12 heteroatoms. The van der Waals surface area contributed by atoms with E-state index in [1.807, 2.05) is 0 Å². The molecule has 0 aromatic heterocycles. The Labute approximate surface area is 212 Å². The van der Waals surface area contributed by atoms with Crippen LogP contribution in [0.5, 0.6) is 5.75 Å². The number of aliphatic hydroxyl groups excluding tert-OH is 3. The third-order valence-corrected chi connectivity index (χ3v) is 6.22. The van der Waals surface area contributed by atoms with E-state index in [-0.39, 0.29) is 12.4 Å². The van der Waals surface area contributed by atoms with Crippen LogP contribution in [0.2, 0.25) is 0 Å². The molecule has 0 bridgehead atoms. The van der Waals surface area contributed by atoms with Gasteiger partial charge in [0.05, 0.1) is 12.3 Å². The lowest BCUT2D eigenvalue weighted by Crippen LogP contribution is -2.59. The predicted octanol–water partition coefficient (Wildman–Crippen LogP) is 0.754. The number of carbonyl (C=O) groups is 2. The molecule has 12 nitrogen and oxygen atoms in total. The van der Waals surface area contributed by atoms with Crippen LogP contribution in [0.1, 0.15) is 17.5 Å². The Morgan fingerprint density at radius 2 is 1.78 bits per heavy atom. The second kappa shape index (κ2) is 11.4. The topological polar surface area (TPSA) is 173 Å². The molecule has 200 valence electrons. The molecule has 5 N–H and O–H groups in total. The molecule has 0 aliphatic carbocycles. The Morgan fingerprint density at radius 1 is 1.05 bits per heavy atom. The maximum atomic E-state index is 12.7. The average Bonchev–Trinajstić information content (AvgIpc) is 2.89. The van der Waals surface area contributed by atoms with Gasteiger partial charge in [0.1, 0.15) is 43.2 Å². The summed E-state index contributed by atoms with van der Waals surface area (Å²) in [6.45, 7) is -0.369. The van der Waals surface area contributed by atoms with Crippen LogP contribution in [0, 0.1) is 0 Å². The van der Waals surface area contributed by atoms with Gasteiger partial charge in [0, 0.05) is 12.7 Å². The van der Waals surface area contributed by atoms with E-state index < -0.39 is 61.6 Å². The first-order chi connectivity index (χ1) is 17.7. The predicted molar refractivity (Wildman–Crippen MR) is 125 cm³/mol. The maximum absolute atomic E-state index is 12.7. The van der Waals surface area contributed by atoms with E-state index in [2.05, 4.69) is 5.32 Å². The highest BCUT2D eigenvalue weighted by atomic mass is 16.7. The number of carbonyl (C=O) groups excluding carboxylic acids is 2. The number of phenols is 1. The number of methoxy groups -OCH3 is 1. The summed E-state index contributed by atoms with van der Waals surface area (Å²) in [5.41, 5.74) is 1.70. The average molecular weight is 520 g/mol. The quantitative estimate of drug-likeness (QED) is 0.296. The Balaban J connectivity index is 1.35. The van der Waals surface area contributed by atoms with Gasteiger partial charge in [0.15, 0.2) is 6.29 Å². The van der Waals surface area contributed by atoms with Gasteiger partial charge in [-0.3, -0.25) is 10.1 Å². The number of nitrogens with one attached hydrogen (secondary N) is 1. The second-order valence-corrected chi connectivity index (χ2v) is 8.68. The number of aromatic hydroxyl groups is 1. The number of aliphatic hydroxyl groups is 3. The third kappa shape index (κ3) is 6.01. The fourth-order valence-electron chi connectivity index (χ4n) is 4.18. The van der Waals surface area contributed by atoms with E-state index in [0.29, 0.717) is 17.7 Å². The van der Waals surface area contributed by atoms with Crippen molar-refractivity contribution in [2.75, 3.05) is 25.6 Å². The molecule has 4 rings (SSSR count). The summed E-state index contributed by atoms with van der Waals surface area (Å²) in [4.78, 5) is 24.7. The molecule has 6 atom stereocenters. The van der Waals surface area contributed by atoms with Crippen molar-refractivity contribution < 1.29 is 53.7 Å². The van der Waals surface area contributed by atoms with Crippen molar-refractivity contribution in [1.29, 1.82) is 0 Å². The molecule has 2 aromatic carbocycles. The Morgan fingerprint density at radius 3 is 2.51 bits per heavy atom. The third-order valence-electron chi connectivity index (χ3n) is 6.22. The largest absolute Gasteiger partial charge is 0.508 e. The van der Waals surface area contributed by atoms with Crippen molar-refractivity contribution in [2.24, 2.45) is 0 Å². The second-order valence-electron chi connectivity index (χ2n) is 8.68. The molecule has 0 radical (unpaired) electrons. The lowest BCUT2D eigenvalue weighted by molar-refractivity contribution is -0.301. The molecule has 0 unspecified atom stereocenters. The highest BCUT2D eigenvalue weighted by Crippen LogP contribution is 2.39. The first-order valence-corrected chi connectivity index (χ1v) is 11.6. The van der Waals surface area contributed by atoms with Crippen LogP contribution in [-0.2, 0) is 40.7 Å². The molecule has 2 heterocycles. The zero-order valence-corrected chi connectivity index (χ0v) is 20.0. The summed E-state index contributed by atoms with van der Waals surface area (Å²) in [5, 5.41) is 42.8. The molecule has 2 aliphatic rings. The molecule has 0 saturated carbocycles.